The third kappa shape index (κ3) is 4.43. The normalized spacial score (nSPS) is 10.4. The van der Waals surface area contributed by atoms with Gasteiger partial charge in [-0.05, 0) is 49.4 Å². The first-order valence-electron chi connectivity index (χ1n) is 6.24. The van der Waals surface area contributed by atoms with E-state index in [1.807, 2.05) is 18.9 Å². The Balaban J connectivity index is 0.00000154. The average molecular weight is 262 g/mol. The number of Topliss-reactive ketones (excluding diaryl/α,β-unsaturated/α-hetero) is 2. The second-order valence-electron chi connectivity index (χ2n) is 5.15. The molecule has 0 radical (unpaired) electrons. The Hall–Kier alpha value is -1.77. The Morgan fingerprint density at radius 2 is 1.37 bits per heavy atom. The highest BCUT2D eigenvalue weighted by Crippen LogP contribution is 2.28. The number of hydrogen-bond acceptors (Lipinski definition) is 3. The van der Waals surface area contributed by atoms with Crippen LogP contribution in [-0.2, 0) is 10.2 Å². The average Bonchev–Trinajstić information content (AvgIpc) is 2.40. The summed E-state index contributed by atoms with van der Waals surface area (Å²) >= 11 is 0. The second-order valence-corrected chi connectivity index (χ2v) is 5.15. The minimum absolute atomic E-state index is 0.00116. The van der Waals surface area contributed by atoms with E-state index >= 15 is 0 Å². The van der Waals surface area contributed by atoms with Crippen LogP contribution in [0.3, 0.4) is 0 Å². The molecule has 1 aromatic carbocycles. The quantitative estimate of drug-likeness (QED) is 0.779. The molecule has 19 heavy (non-hydrogen) atoms. The molecule has 0 heterocycles. The first kappa shape index (κ1) is 17.2. The van der Waals surface area contributed by atoms with Crippen LogP contribution in [0.2, 0.25) is 0 Å². The molecule has 104 valence electrons. The van der Waals surface area contributed by atoms with Gasteiger partial charge in [-0.3, -0.25) is 9.59 Å². The van der Waals surface area contributed by atoms with Gasteiger partial charge in [-0.2, -0.15) is 0 Å². The first-order chi connectivity index (χ1) is 8.77. The molecule has 0 aliphatic rings. The lowest BCUT2D eigenvalue weighted by atomic mass is 9.80. The lowest BCUT2D eigenvalue weighted by Gasteiger charge is -2.24. The highest BCUT2D eigenvalue weighted by atomic mass is 16.1. The van der Waals surface area contributed by atoms with Crippen molar-refractivity contribution in [3.05, 3.63) is 34.9 Å². The largest absolute Gasteiger partial charge is 0.307 e. The van der Waals surface area contributed by atoms with Crippen molar-refractivity contribution >= 4 is 18.4 Å². The molecule has 3 heteroatoms. The van der Waals surface area contributed by atoms with Gasteiger partial charge in [0.25, 0.3) is 0 Å². The van der Waals surface area contributed by atoms with E-state index < -0.39 is 0 Å². The van der Waals surface area contributed by atoms with Gasteiger partial charge in [-0.1, -0.05) is 20.8 Å². The lowest BCUT2D eigenvalue weighted by molar-refractivity contribution is -0.0980. The predicted octanol–water partition coefficient (Wildman–Crippen LogP) is 3.59. The van der Waals surface area contributed by atoms with Crippen molar-refractivity contribution in [3.8, 4) is 0 Å². The summed E-state index contributed by atoms with van der Waals surface area (Å²) in [6.07, 6.45) is 0.964. The van der Waals surface area contributed by atoms with Crippen LogP contribution in [-0.4, -0.2) is 18.4 Å². The van der Waals surface area contributed by atoms with E-state index in [9.17, 15) is 9.59 Å². The molecule has 0 bridgehead atoms. The molecule has 0 aromatic heterocycles. The number of ketones is 2. The number of hydrogen-bond donors (Lipinski definition) is 0. The highest BCUT2D eigenvalue weighted by molar-refractivity contribution is 6.00. The maximum atomic E-state index is 11.5. The summed E-state index contributed by atoms with van der Waals surface area (Å²) in [5.41, 5.74) is 2.27. The van der Waals surface area contributed by atoms with Gasteiger partial charge in [-0.15, -0.1) is 0 Å². The van der Waals surface area contributed by atoms with E-state index in [1.54, 1.807) is 6.07 Å². The Morgan fingerprint density at radius 1 is 1.00 bits per heavy atom. The molecule has 0 fully saturated rings. The SMILES string of the molecule is C=O.CCC(C)(C)c1cc(C(C)=O)cc(C(C)=O)c1. The van der Waals surface area contributed by atoms with Crippen molar-refractivity contribution in [1.82, 2.24) is 0 Å². The number of carbonyl (C=O) groups is 3. The van der Waals surface area contributed by atoms with E-state index in [0.717, 1.165) is 12.0 Å². The minimum atomic E-state index is -0.0182. The van der Waals surface area contributed by atoms with Crippen LogP contribution in [0.4, 0.5) is 0 Å². The molecular formula is C16H22O3. The summed E-state index contributed by atoms with van der Waals surface area (Å²) in [6, 6.07) is 5.48. The van der Waals surface area contributed by atoms with E-state index in [4.69, 9.17) is 4.79 Å². The summed E-state index contributed by atoms with van der Waals surface area (Å²) in [5, 5.41) is 0. The summed E-state index contributed by atoms with van der Waals surface area (Å²) in [4.78, 5) is 31.0. The van der Waals surface area contributed by atoms with Crippen LogP contribution < -0.4 is 0 Å². The lowest BCUT2D eigenvalue weighted by Crippen LogP contribution is -2.17. The summed E-state index contributed by atoms with van der Waals surface area (Å²) in [5.74, 6) is 0.00232. The van der Waals surface area contributed by atoms with Gasteiger partial charge in [0, 0.05) is 11.1 Å². The van der Waals surface area contributed by atoms with Gasteiger partial charge in [-0.25, -0.2) is 0 Å². The van der Waals surface area contributed by atoms with E-state index in [-0.39, 0.29) is 17.0 Å². The Labute approximate surface area is 115 Å². The molecule has 3 nitrogen and oxygen atoms in total. The van der Waals surface area contributed by atoms with Crippen LogP contribution in [0.1, 0.15) is 67.3 Å². The molecule has 0 spiro atoms. The van der Waals surface area contributed by atoms with E-state index in [1.165, 1.54) is 13.8 Å². The van der Waals surface area contributed by atoms with Crippen molar-refractivity contribution < 1.29 is 14.4 Å². The maximum absolute atomic E-state index is 11.5. The molecule has 0 N–H and O–H groups in total. The summed E-state index contributed by atoms with van der Waals surface area (Å²) < 4.78 is 0. The van der Waals surface area contributed by atoms with Crippen molar-refractivity contribution in [2.24, 2.45) is 0 Å². The van der Waals surface area contributed by atoms with Crippen LogP contribution >= 0.6 is 0 Å². The van der Waals surface area contributed by atoms with Gasteiger partial charge in [0.15, 0.2) is 11.6 Å². The highest BCUT2D eigenvalue weighted by Gasteiger charge is 2.20. The molecule has 0 aliphatic carbocycles. The second kappa shape index (κ2) is 6.98. The number of benzene rings is 1. The van der Waals surface area contributed by atoms with Crippen LogP contribution in [0.15, 0.2) is 18.2 Å². The fourth-order valence-corrected chi connectivity index (χ4v) is 1.63. The monoisotopic (exact) mass is 262 g/mol. The molecular weight excluding hydrogens is 240 g/mol. The summed E-state index contributed by atoms with van der Waals surface area (Å²) in [7, 11) is 0. The third-order valence-electron chi connectivity index (χ3n) is 3.41. The summed E-state index contributed by atoms with van der Waals surface area (Å²) in [6.45, 7) is 11.4. The van der Waals surface area contributed by atoms with Crippen molar-refractivity contribution in [1.29, 1.82) is 0 Å². The van der Waals surface area contributed by atoms with E-state index in [2.05, 4.69) is 20.8 Å². The molecule has 1 aromatic rings. The fourth-order valence-electron chi connectivity index (χ4n) is 1.63. The van der Waals surface area contributed by atoms with E-state index in [0.29, 0.717) is 11.1 Å². The van der Waals surface area contributed by atoms with Gasteiger partial charge in [0.1, 0.15) is 6.79 Å². The predicted molar refractivity (Wildman–Crippen MR) is 76.9 cm³/mol. The first-order valence-corrected chi connectivity index (χ1v) is 6.24. The molecule has 1 rings (SSSR count). The van der Waals surface area contributed by atoms with Gasteiger partial charge >= 0.3 is 0 Å². The number of carbonyl (C=O) groups excluding carboxylic acids is 3. The van der Waals surface area contributed by atoms with Crippen molar-refractivity contribution in [2.75, 3.05) is 0 Å². The van der Waals surface area contributed by atoms with Gasteiger partial charge < -0.3 is 4.79 Å². The Bertz CT molecular complexity index is 441. The zero-order valence-electron chi connectivity index (χ0n) is 12.4. The molecule has 0 unspecified atom stereocenters. The van der Waals surface area contributed by atoms with Gasteiger partial charge in [0.2, 0.25) is 0 Å². The number of rotatable bonds is 4. The standard InChI is InChI=1S/C15H20O2.CH2O/c1-6-15(4,5)14-8-12(10(2)16)7-13(9-14)11(3)17;1-2/h7-9H,6H2,1-5H3;1H2. The molecule has 0 saturated carbocycles. The fraction of sp³-hybridized carbons (Fsp3) is 0.438. The molecule has 0 aliphatic heterocycles. The third-order valence-corrected chi connectivity index (χ3v) is 3.41. The van der Waals surface area contributed by atoms with Crippen LogP contribution in [0.25, 0.3) is 0 Å². The molecule has 0 atom stereocenters. The zero-order valence-corrected chi connectivity index (χ0v) is 12.4. The molecule has 0 saturated heterocycles. The van der Waals surface area contributed by atoms with Gasteiger partial charge in [0.05, 0.1) is 0 Å². The topological polar surface area (TPSA) is 51.2 Å². The molecule has 0 amide bonds. The smallest absolute Gasteiger partial charge is 0.159 e. The van der Waals surface area contributed by atoms with Crippen LogP contribution in [0.5, 0.6) is 0 Å². The van der Waals surface area contributed by atoms with Crippen molar-refractivity contribution in [2.45, 2.75) is 46.5 Å². The maximum Gasteiger partial charge on any atom is 0.159 e. The zero-order chi connectivity index (χ0) is 15.2. The Kier molecular flexibility index (Phi) is 6.33. The van der Waals surface area contributed by atoms with Crippen LogP contribution in [0, 0.1) is 0 Å². The van der Waals surface area contributed by atoms with Crippen molar-refractivity contribution in [3.63, 3.8) is 0 Å². The minimum Gasteiger partial charge on any atom is -0.307 e. The Morgan fingerprint density at radius 3 is 1.63 bits per heavy atom.